The quantitative estimate of drug-likeness (QED) is 0.908. The number of aliphatic hydroxyl groups is 1. The maximum Gasteiger partial charge on any atom is 0.141 e. The highest BCUT2D eigenvalue weighted by Crippen LogP contribution is 2.41. The molecule has 0 saturated carbocycles. The van der Waals surface area contributed by atoms with E-state index in [-0.39, 0.29) is 12.4 Å². The molecule has 0 aliphatic heterocycles. The van der Waals surface area contributed by atoms with Crippen LogP contribution in [0.1, 0.15) is 17.5 Å². The Kier molecular flexibility index (Phi) is 3.55. The number of halogens is 1. The molecule has 4 heteroatoms. The van der Waals surface area contributed by atoms with Gasteiger partial charge in [0.1, 0.15) is 11.6 Å². The van der Waals surface area contributed by atoms with Crippen LogP contribution in [0.4, 0.5) is 10.1 Å². The summed E-state index contributed by atoms with van der Waals surface area (Å²) >= 11 is 0. The molecular formula is C17H18FNO2. The van der Waals surface area contributed by atoms with Gasteiger partial charge in [0, 0.05) is 0 Å². The molecule has 0 fully saturated rings. The fourth-order valence-corrected chi connectivity index (χ4v) is 3.07. The van der Waals surface area contributed by atoms with Crippen LogP contribution in [0, 0.1) is 5.82 Å². The first-order valence-corrected chi connectivity index (χ1v) is 7.00. The standard InChI is InChI=1S/C17H18FNO2/c1-21-16-8-3-2-7-15(16)19-17(11-20)10-9-12-13(17)5-4-6-14(12)18/h2-8,19-20H,9-11H2,1H3. The second kappa shape index (κ2) is 5.37. The summed E-state index contributed by atoms with van der Waals surface area (Å²) in [4.78, 5) is 0. The monoisotopic (exact) mass is 287 g/mol. The number of para-hydroxylation sites is 2. The van der Waals surface area contributed by atoms with Crippen molar-refractivity contribution in [3.63, 3.8) is 0 Å². The topological polar surface area (TPSA) is 41.5 Å². The maximum atomic E-state index is 13.9. The summed E-state index contributed by atoms with van der Waals surface area (Å²) in [5.74, 6) is 0.500. The van der Waals surface area contributed by atoms with Gasteiger partial charge in [0.05, 0.1) is 24.9 Å². The second-order valence-electron chi connectivity index (χ2n) is 5.33. The number of benzene rings is 2. The number of fused-ring (bicyclic) bond motifs is 1. The van der Waals surface area contributed by atoms with Crippen molar-refractivity contribution in [2.75, 3.05) is 19.0 Å². The predicted molar refractivity (Wildman–Crippen MR) is 80.1 cm³/mol. The van der Waals surface area contributed by atoms with Gasteiger partial charge in [0.15, 0.2) is 0 Å². The van der Waals surface area contributed by atoms with Crippen molar-refractivity contribution in [1.82, 2.24) is 0 Å². The van der Waals surface area contributed by atoms with Gasteiger partial charge in [0.2, 0.25) is 0 Å². The Bertz CT molecular complexity index is 659. The molecule has 1 aliphatic rings. The summed E-state index contributed by atoms with van der Waals surface area (Å²) in [7, 11) is 1.61. The van der Waals surface area contributed by atoms with Gasteiger partial charge in [-0.2, -0.15) is 0 Å². The first kappa shape index (κ1) is 13.9. The van der Waals surface area contributed by atoms with E-state index in [1.54, 1.807) is 13.2 Å². The fourth-order valence-electron chi connectivity index (χ4n) is 3.07. The molecule has 0 aromatic heterocycles. The molecule has 1 aliphatic carbocycles. The van der Waals surface area contributed by atoms with E-state index < -0.39 is 5.54 Å². The molecule has 2 aromatic rings. The lowest BCUT2D eigenvalue weighted by Crippen LogP contribution is -2.37. The van der Waals surface area contributed by atoms with E-state index in [1.807, 2.05) is 30.3 Å². The first-order chi connectivity index (χ1) is 10.2. The van der Waals surface area contributed by atoms with Crippen LogP contribution >= 0.6 is 0 Å². The molecule has 2 N–H and O–H groups in total. The second-order valence-corrected chi connectivity index (χ2v) is 5.33. The molecule has 3 nitrogen and oxygen atoms in total. The largest absolute Gasteiger partial charge is 0.495 e. The molecule has 1 atom stereocenters. The number of hydrogen-bond donors (Lipinski definition) is 2. The molecule has 110 valence electrons. The van der Waals surface area contributed by atoms with E-state index in [9.17, 15) is 9.50 Å². The smallest absolute Gasteiger partial charge is 0.141 e. The van der Waals surface area contributed by atoms with Crippen LogP contribution in [-0.4, -0.2) is 18.8 Å². The molecule has 0 heterocycles. The van der Waals surface area contributed by atoms with Crippen LogP contribution in [0.5, 0.6) is 5.75 Å². The summed E-state index contributed by atoms with van der Waals surface area (Å²) in [5.41, 5.74) is 1.66. The average molecular weight is 287 g/mol. The van der Waals surface area contributed by atoms with Crippen LogP contribution in [0.2, 0.25) is 0 Å². The molecule has 3 rings (SSSR count). The zero-order valence-corrected chi connectivity index (χ0v) is 11.9. The van der Waals surface area contributed by atoms with Gasteiger partial charge in [-0.15, -0.1) is 0 Å². The van der Waals surface area contributed by atoms with Crippen molar-refractivity contribution in [2.24, 2.45) is 0 Å². The van der Waals surface area contributed by atoms with Gasteiger partial charge in [0.25, 0.3) is 0 Å². The van der Waals surface area contributed by atoms with Gasteiger partial charge in [-0.1, -0.05) is 24.3 Å². The number of nitrogens with one attached hydrogen (secondary N) is 1. The summed E-state index contributed by atoms with van der Waals surface area (Å²) < 4.78 is 19.3. The lowest BCUT2D eigenvalue weighted by atomic mass is 9.92. The van der Waals surface area contributed by atoms with Crippen molar-refractivity contribution in [3.8, 4) is 5.75 Å². The van der Waals surface area contributed by atoms with Crippen LogP contribution in [0.3, 0.4) is 0 Å². The Morgan fingerprint density at radius 2 is 2.05 bits per heavy atom. The highest BCUT2D eigenvalue weighted by molar-refractivity contribution is 5.60. The number of anilines is 1. The normalized spacial score (nSPS) is 20.1. The minimum absolute atomic E-state index is 0.0957. The summed E-state index contributed by atoms with van der Waals surface area (Å²) in [6.45, 7) is -0.0957. The van der Waals surface area contributed by atoms with Crippen LogP contribution in [0.15, 0.2) is 42.5 Å². The molecule has 0 radical (unpaired) electrons. The number of aliphatic hydroxyl groups excluding tert-OH is 1. The lowest BCUT2D eigenvalue weighted by molar-refractivity contribution is 0.211. The molecule has 0 spiro atoms. The SMILES string of the molecule is COc1ccccc1NC1(CO)CCc2c(F)cccc21. The Labute approximate surface area is 123 Å². The third-order valence-electron chi connectivity index (χ3n) is 4.19. The highest BCUT2D eigenvalue weighted by Gasteiger charge is 2.39. The molecule has 0 saturated heterocycles. The number of ether oxygens (including phenoxy) is 1. The van der Waals surface area contributed by atoms with Crippen molar-refractivity contribution in [3.05, 3.63) is 59.4 Å². The van der Waals surface area contributed by atoms with Crippen LogP contribution in [0.25, 0.3) is 0 Å². The van der Waals surface area contributed by atoms with Crippen molar-refractivity contribution >= 4 is 5.69 Å². The first-order valence-electron chi connectivity index (χ1n) is 7.00. The number of hydrogen-bond acceptors (Lipinski definition) is 3. The molecule has 0 amide bonds. The zero-order chi connectivity index (χ0) is 14.9. The van der Waals surface area contributed by atoms with Gasteiger partial charge in [-0.3, -0.25) is 0 Å². The minimum atomic E-state index is -0.661. The van der Waals surface area contributed by atoms with E-state index in [2.05, 4.69) is 5.32 Å². The number of rotatable bonds is 4. The van der Waals surface area contributed by atoms with E-state index in [1.165, 1.54) is 6.07 Å². The van der Waals surface area contributed by atoms with Gasteiger partial charge >= 0.3 is 0 Å². The molecule has 2 aromatic carbocycles. The Hall–Kier alpha value is -2.07. The maximum absolute atomic E-state index is 13.9. The van der Waals surface area contributed by atoms with E-state index in [0.717, 1.165) is 11.3 Å². The minimum Gasteiger partial charge on any atom is -0.495 e. The van der Waals surface area contributed by atoms with E-state index in [4.69, 9.17) is 4.74 Å². The highest BCUT2D eigenvalue weighted by atomic mass is 19.1. The summed E-state index contributed by atoms with van der Waals surface area (Å²) in [6, 6.07) is 12.6. The van der Waals surface area contributed by atoms with Gasteiger partial charge in [-0.05, 0) is 42.2 Å². The third-order valence-corrected chi connectivity index (χ3v) is 4.19. The number of methoxy groups -OCH3 is 1. The van der Waals surface area contributed by atoms with E-state index in [0.29, 0.717) is 24.2 Å². The fraction of sp³-hybridized carbons (Fsp3) is 0.294. The summed E-state index contributed by atoms with van der Waals surface area (Å²) in [5, 5.41) is 13.3. The zero-order valence-electron chi connectivity index (χ0n) is 11.9. The van der Waals surface area contributed by atoms with E-state index >= 15 is 0 Å². The lowest BCUT2D eigenvalue weighted by Gasteiger charge is -2.31. The van der Waals surface area contributed by atoms with Crippen molar-refractivity contribution < 1.29 is 14.2 Å². The van der Waals surface area contributed by atoms with Crippen LogP contribution in [-0.2, 0) is 12.0 Å². The molecule has 21 heavy (non-hydrogen) atoms. The van der Waals surface area contributed by atoms with Crippen LogP contribution < -0.4 is 10.1 Å². The molecular weight excluding hydrogens is 269 g/mol. The average Bonchev–Trinajstić information content (AvgIpc) is 2.89. The van der Waals surface area contributed by atoms with Crippen molar-refractivity contribution in [2.45, 2.75) is 18.4 Å². The molecule has 1 unspecified atom stereocenters. The Morgan fingerprint density at radius 1 is 1.24 bits per heavy atom. The summed E-state index contributed by atoms with van der Waals surface area (Å²) in [6.07, 6.45) is 1.27. The van der Waals surface area contributed by atoms with Gasteiger partial charge < -0.3 is 15.2 Å². The van der Waals surface area contributed by atoms with Gasteiger partial charge in [-0.25, -0.2) is 4.39 Å². The van der Waals surface area contributed by atoms with Crippen molar-refractivity contribution in [1.29, 1.82) is 0 Å². The Morgan fingerprint density at radius 3 is 2.81 bits per heavy atom. The third kappa shape index (κ3) is 2.25. The molecule has 0 bridgehead atoms. The Balaban J connectivity index is 2.03. The predicted octanol–water partition coefficient (Wildman–Crippen LogP) is 3.08.